The summed E-state index contributed by atoms with van der Waals surface area (Å²) in [5.41, 5.74) is 1.92. The highest BCUT2D eigenvalue weighted by molar-refractivity contribution is 8.01. The first-order valence-corrected chi connectivity index (χ1v) is 12.9. The number of carboxylic acids is 1. The average molecular weight is 579 g/mol. The smallest absolute Gasteiger partial charge is 0.480 e. The quantitative estimate of drug-likeness (QED) is 0.229. The molecule has 1 aliphatic rings. The second-order valence-electron chi connectivity index (χ2n) is 9.40. The minimum absolute atomic E-state index is 0.150. The molecule has 2 unspecified atom stereocenters. The van der Waals surface area contributed by atoms with Crippen LogP contribution in [0.3, 0.4) is 0 Å². The number of ether oxygens (including phenoxy) is 1. The van der Waals surface area contributed by atoms with E-state index < -0.39 is 47.5 Å². The molecule has 0 radical (unpaired) electrons. The van der Waals surface area contributed by atoms with Crippen molar-refractivity contribution >= 4 is 29.4 Å². The lowest BCUT2D eigenvalue weighted by Crippen LogP contribution is -2.44. The number of fused-ring (bicyclic) bond motifs is 1. The van der Waals surface area contributed by atoms with Crippen LogP contribution in [0.1, 0.15) is 44.2 Å². The number of carbonyl (C=O) groups is 2. The Labute approximate surface area is 225 Å². The molecule has 0 aromatic heterocycles. The first-order valence-electron chi connectivity index (χ1n) is 12.1. The van der Waals surface area contributed by atoms with Crippen molar-refractivity contribution in [1.29, 1.82) is 0 Å². The topological polar surface area (TPSA) is 78.9 Å². The van der Waals surface area contributed by atoms with Crippen LogP contribution in [-0.2, 0) is 17.6 Å². The van der Waals surface area contributed by atoms with E-state index in [1.54, 1.807) is 19.9 Å². The summed E-state index contributed by atoms with van der Waals surface area (Å²) in [7, 11) is 0. The molecular weight excluding hydrogens is 550 g/mol. The maximum atomic E-state index is 13.1. The number of hydrogen-bond acceptors (Lipinski definition) is 4. The Hall–Kier alpha value is -3.09. The number of halogens is 6. The summed E-state index contributed by atoms with van der Waals surface area (Å²) in [5, 5.41) is 12.1. The van der Waals surface area contributed by atoms with Crippen molar-refractivity contribution in [1.82, 2.24) is 4.90 Å². The van der Waals surface area contributed by atoms with Gasteiger partial charge in [-0.2, -0.15) is 13.2 Å². The van der Waals surface area contributed by atoms with Crippen LogP contribution in [0.15, 0.2) is 47.4 Å². The van der Waals surface area contributed by atoms with Crippen molar-refractivity contribution < 1.29 is 45.8 Å². The normalized spacial score (nSPS) is 16.8. The van der Waals surface area contributed by atoms with Gasteiger partial charge >= 0.3 is 24.5 Å². The summed E-state index contributed by atoms with van der Waals surface area (Å²) in [6.45, 7) is 3.22. The third-order valence-corrected chi connectivity index (χ3v) is 7.86. The van der Waals surface area contributed by atoms with Gasteiger partial charge in [0.15, 0.2) is 0 Å². The number of hydrogen-bond donors (Lipinski definition) is 2. The minimum Gasteiger partial charge on any atom is -0.480 e. The lowest BCUT2D eigenvalue weighted by Gasteiger charge is -2.29. The summed E-state index contributed by atoms with van der Waals surface area (Å²) >= 11 is 1.21. The molecule has 2 amide bonds. The molecule has 0 saturated heterocycles. The van der Waals surface area contributed by atoms with E-state index in [0.29, 0.717) is 19.3 Å². The van der Waals surface area contributed by atoms with Gasteiger partial charge in [-0.25, -0.2) is 4.79 Å². The molecular formula is C26H28F6N2O4S. The van der Waals surface area contributed by atoms with Crippen LogP contribution in [0.25, 0.3) is 0 Å². The molecule has 2 atom stereocenters. The molecule has 0 aliphatic heterocycles. The van der Waals surface area contributed by atoms with Crippen molar-refractivity contribution in [2.24, 2.45) is 0 Å². The SMILES string of the molecule is CCC(C)(Sc1ccc2c(c1)CC(N(CCCC(F)(F)F)C(=O)Nc1ccc(OC(F)(F)F)cc1)C2)C(=O)O. The number of nitrogens with one attached hydrogen (secondary N) is 1. The Bertz CT molecular complexity index is 1170. The van der Waals surface area contributed by atoms with Crippen LogP contribution in [0.2, 0.25) is 0 Å². The summed E-state index contributed by atoms with van der Waals surface area (Å²) < 4.78 is 78.4. The highest BCUT2D eigenvalue weighted by Crippen LogP contribution is 2.38. The number of urea groups is 1. The third-order valence-electron chi connectivity index (χ3n) is 6.46. The molecule has 13 heteroatoms. The summed E-state index contributed by atoms with van der Waals surface area (Å²) in [6.07, 6.45) is -9.53. The van der Waals surface area contributed by atoms with Crippen LogP contribution < -0.4 is 10.1 Å². The van der Waals surface area contributed by atoms with Gasteiger partial charge in [0.25, 0.3) is 0 Å². The fourth-order valence-corrected chi connectivity index (χ4v) is 5.31. The Morgan fingerprint density at radius 1 is 1.05 bits per heavy atom. The van der Waals surface area contributed by atoms with Crippen LogP contribution in [-0.4, -0.2) is 51.9 Å². The van der Waals surface area contributed by atoms with Crippen molar-refractivity contribution in [2.75, 3.05) is 11.9 Å². The molecule has 2 aromatic rings. The number of aliphatic carboxylic acids is 1. The minimum atomic E-state index is -4.88. The zero-order valence-corrected chi connectivity index (χ0v) is 22.0. The Balaban J connectivity index is 1.75. The molecule has 2 aromatic carbocycles. The zero-order chi connectivity index (χ0) is 29.0. The number of carbonyl (C=O) groups excluding carboxylic acids is 1. The maximum Gasteiger partial charge on any atom is 0.573 e. The van der Waals surface area contributed by atoms with E-state index in [4.69, 9.17) is 0 Å². The van der Waals surface area contributed by atoms with Gasteiger partial charge in [-0.15, -0.1) is 24.9 Å². The van der Waals surface area contributed by atoms with Gasteiger partial charge in [0.1, 0.15) is 10.5 Å². The summed E-state index contributed by atoms with van der Waals surface area (Å²) in [4.78, 5) is 26.9. The van der Waals surface area contributed by atoms with E-state index in [0.717, 1.165) is 28.2 Å². The van der Waals surface area contributed by atoms with Crippen LogP contribution in [0.4, 0.5) is 36.8 Å². The van der Waals surface area contributed by atoms with E-state index >= 15 is 0 Å². The molecule has 0 saturated carbocycles. The van der Waals surface area contributed by atoms with E-state index in [-0.39, 0.29) is 18.7 Å². The van der Waals surface area contributed by atoms with Crippen molar-refractivity contribution in [3.63, 3.8) is 0 Å². The van der Waals surface area contributed by atoms with Gasteiger partial charge in [0, 0.05) is 29.6 Å². The predicted octanol–water partition coefficient (Wildman–Crippen LogP) is 7.27. The van der Waals surface area contributed by atoms with Gasteiger partial charge in [0.05, 0.1) is 0 Å². The molecule has 2 N–H and O–H groups in total. The predicted molar refractivity (Wildman–Crippen MR) is 134 cm³/mol. The standard InChI is InChI=1S/C26H28F6N2O4S/c1-3-24(2,22(35)36)39-21-10-5-16-13-19(14-17(16)15-21)34(12-4-11-25(27,28)29)23(37)33-18-6-8-20(9-7-18)38-26(30,31)32/h5-10,15,19H,3-4,11-14H2,1-2H3,(H,33,37)(H,35,36). The van der Waals surface area contributed by atoms with E-state index in [9.17, 15) is 41.0 Å². The van der Waals surface area contributed by atoms with Crippen molar-refractivity contribution in [3.05, 3.63) is 53.6 Å². The van der Waals surface area contributed by atoms with Crippen molar-refractivity contribution in [2.45, 2.75) is 74.2 Å². The first kappa shape index (κ1) is 30.5. The van der Waals surface area contributed by atoms with E-state index in [1.807, 2.05) is 12.1 Å². The molecule has 39 heavy (non-hydrogen) atoms. The molecule has 1 aliphatic carbocycles. The number of thioether (sulfide) groups is 1. The van der Waals surface area contributed by atoms with Gasteiger partial charge in [0.2, 0.25) is 0 Å². The van der Waals surface area contributed by atoms with E-state index in [2.05, 4.69) is 10.1 Å². The number of nitrogens with zero attached hydrogens (tertiary/aromatic N) is 1. The highest BCUT2D eigenvalue weighted by Gasteiger charge is 2.35. The number of alkyl halides is 6. The second kappa shape index (κ2) is 12.0. The lowest BCUT2D eigenvalue weighted by atomic mass is 10.1. The molecule has 0 heterocycles. The number of benzene rings is 2. The monoisotopic (exact) mass is 578 g/mol. The molecule has 0 fully saturated rings. The fraction of sp³-hybridized carbons (Fsp3) is 0.462. The second-order valence-corrected chi connectivity index (χ2v) is 11.0. The van der Waals surface area contributed by atoms with Gasteiger partial charge in [-0.3, -0.25) is 4.79 Å². The number of amides is 2. The summed E-state index contributed by atoms with van der Waals surface area (Å²) in [5.74, 6) is -1.43. The summed E-state index contributed by atoms with van der Waals surface area (Å²) in [6, 6.07) is 8.77. The maximum absolute atomic E-state index is 13.1. The molecule has 0 spiro atoms. The van der Waals surface area contributed by atoms with Crippen LogP contribution in [0, 0.1) is 0 Å². The molecule has 6 nitrogen and oxygen atoms in total. The van der Waals surface area contributed by atoms with Crippen LogP contribution in [0.5, 0.6) is 5.75 Å². The largest absolute Gasteiger partial charge is 0.573 e. The average Bonchev–Trinajstić information content (AvgIpc) is 3.24. The molecule has 0 bridgehead atoms. The third kappa shape index (κ3) is 8.70. The Morgan fingerprint density at radius 2 is 1.69 bits per heavy atom. The van der Waals surface area contributed by atoms with E-state index in [1.165, 1.54) is 28.8 Å². The van der Waals surface area contributed by atoms with Crippen LogP contribution >= 0.6 is 11.8 Å². The number of rotatable bonds is 10. The lowest BCUT2D eigenvalue weighted by molar-refractivity contribution is -0.274. The number of carboxylic acid groups (broad SMARTS) is 1. The van der Waals surface area contributed by atoms with Gasteiger partial charge < -0.3 is 20.1 Å². The van der Waals surface area contributed by atoms with Gasteiger partial charge in [-0.05, 0) is 80.1 Å². The van der Waals surface area contributed by atoms with Crippen molar-refractivity contribution in [3.8, 4) is 5.75 Å². The Kier molecular flexibility index (Phi) is 9.35. The first-order chi connectivity index (χ1) is 18.1. The zero-order valence-electron chi connectivity index (χ0n) is 21.2. The van der Waals surface area contributed by atoms with Gasteiger partial charge in [-0.1, -0.05) is 13.0 Å². The molecule has 3 rings (SSSR count). The fourth-order valence-electron chi connectivity index (χ4n) is 4.22. The molecule has 214 valence electrons. The highest BCUT2D eigenvalue weighted by atomic mass is 32.2. The number of anilines is 1. The Morgan fingerprint density at radius 3 is 2.26 bits per heavy atom.